The third-order valence-electron chi connectivity index (χ3n) is 2.50. The summed E-state index contributed by atoms with van der Waals surface area (Å²) in [6.07, 6.45) is 0.104. The van der Waals surface area contributed by atoms with Gasteiger partial charge in [0.2, 0.25) is 0 Å². The molecule has 0 aromatic heterocycles. The fourth-order valence-electron chi connectivity index (χ4n) is 1.83. The van der Waals surface area contributed by atoms with Gasteiger partial charge in [-0.05, 0) is 12.0 Å². The quantitative estimate of drug-likeness (QED) is 0.659. The summed E-state index contributed by atoms with van der Waals surface area (Å²) in [5.41, 5.74) is 0.212. The third kappa shape index (κ3) is 1.10. The van der Waals surface area contributed by atoms with Crippen LogP contribution < -0.4 is 0 Å². The van der Waals surface area contributed by atoms with Crippen molar-refractivity contribution in [2.24, 2.45) is 0 Å². The first-order valence-corrected chi connectivity index (χ1v) is 4.36. The zero-order chi connectivity index (χ0) is 13.0. The number of hydrogen-bond donors (Lipinski definition) is 0. The van der Waals surface area contributed by atoms with Crippen LogP contribution in [0.4, 0.5) is 0 Å². The van der Waals surface area contributed by atoms with Crippen molar-refractivity contribution in [3.8, 4) is 0 Å². The van der Waals surface area contributed by atoms with Gasteiger partial charge in [0.1, 0.15) is 12.2 Å². The number of ether oxygens (including phenoxy) is 2. The van der Waals surface area contributed by atoms with Crippen molar-refractivity contribution >= 4 is 0 Å². The van der Waals surface area contributed by atoms with E-state index in [0.717, 1.165) is 6.42 Å². The van der Waals surface area contributed by atoms with E-state index in [2.05, 4.69) is 0 Å². The highest BCUT2D eigenvalue weighted by atomic mass is 16.6. The standard InChI is InChI=1S/C11H12O2/c1-2-4-8(5-3-1)10-11-9(13-10)6-7-12-11/h1-5,9-11H,6-7H2/t9-,10+,11+/m1/s1/i1D,2D,3D,4D,5D. The molecule has 2 heteroatoms. The Hall–Kier alpha value is -0.860. The highest BCUT2D eigenvalue weighted by Gasteiger charge is 2.47. The summed E-state index contributed by atoms with van der Waals surface area (Å²) < 4.78 is 49.5. The average Bonchev–Trinajstić information content (AvgIpc) is 2.71. The van der Waals surface area contributed by atoms with Crippen molar-refractivity contribution in [2.45, 2.75) is 24.7 Å². The summed E-state index contributed by atoms with van der Waals surface area (Å²) >= 11 is 0. The molecule has 1 aromatic rings. The molecule has 3 atom stereocenters. The maximum absolute atomic E-state index is 7.85. The largest absolute Gasteiger partial charge is 0.372 e. The molecule has 2 aliphatic rings. The van der Waals surface area contributed by atoms with E-state index in [1.165, 1.54) is 0 Å². The van der Waals surface area contributed by atoms with Crippen LogP contribution in [-0.4, -0.2) is 18.8 Å². The van der Waals surface area contributed by atoms with Crippen molar-refractivity contribution in [2.75, 3.05) is 6.61 Å². The number of rotatable bonds is 1. The van der Waals surface area contributed by atoms with Crippen LogP contribution in [0.25, 0.3) is 0 Å². The Morgan fingerprint density at radius 3 is 2.92 bits per heavy atom. The molecule has 2 saturated heterocycles. The molecule has 2 aliphatic heterocycles. The summed E-state index contributed by atoms with van der Waals surface area (Å²) in [5, 5.41) is 0. The monoisotopic (exact) mass is 181 g/mol. The lowest BCUT2D eigenvalue weighted by atomic mass is 9.94. The molecular formula is C11H12O2. The van der Waals surface area contributed by atoms with Crippen LogP contribution in [-0.2, 0) is 9.47 Å². The molecule has 0 bridgehead atoms. The molecular weight excluding hydrogens is 164 g/mol. The highest BCUT2D eigenvalue weighted by Crippen LogP contribution is 2.42. The minimum Gasteiger partial charge on any atom is -0.372 e. The van der Waals surface area contributed by atoms with Crippen LogP contribution in [0.3, 0.4) is 0 Å². The van der Waals surface area contributed by atoms with Gasteiger partial charge in [0.05, 0.1) is 13.0 Å². The molecule has 13 heavy (non-hydrogen) atoms. The predicted molar refractivity (Wildman–Crippen MR) is 48.4 cm³/mol. The van der Waals surface area contributed by atoms with Crippen molar-refractivity contribution in [1.29, 1.82) is 0 Å². The summed E-state index contributed by atoms with van der Waals surface area (Å²) in [6.45, 7) is 0.602. The fraction of sp³-hybridized carbons (Fsp3) is 0.455. The third-order valence-corrected chi connectivity index (χ3v) is 2.50. The molecule has 0 N–H and O–H groups in total. The van der Waals surface area contributed by atoms with E-state index in [-0.39, 0.29) is 48.0 Å². The fourth-order valence-corrected chi connectivity index (χ4v) is 1.83. The van der Waals surface area contributed by atoms with Crippen LogP contribution in [0.1, 0.15) is 24.9 Å². The van der Waals surface area contributed by atoms with Crippen LogP contribution >= 0.6 is 0 Å². The van der Waals surface area contributed by atoms with Gasteiger partial charge < -0.3 is 9.47 Å². The van der Waals surface area contributed by atoms with Gasteiger partial charge in [0.15, 0.2) is 0 Å². The Morgan fingerprint density at radius 1 is 1.31 bits per heavy atom. The molecule has 0 amide bonds. The van der Waals surface area contributed by atoms with Gasteiger partial charge in [0, 0.05) is 6.61 Å². The molecule has 1 aromatic carbocycles. The lowest BCUT2D eigenvalue weighted by Crippen LogP contribution is -2.44. The van der Waals surface area contributed by atoms with Gasteiger partial charge in [-0.15, -0.1) is 0 Å². The normalized spacial score (nSPS) is 42.2. The molecule has 3 rings (SSSR count). The first-order chi connectivity index (χ1) is 8.52. The van der Waals surface area contributed by atoms with Gasteiger partial charge in [0.25, 0.3) is 0 Å². The van der Waals surface area contributed by atoms with E-state index in [1.807, 2.05) is 0 Å². The second-order valence-corrected chi connectivity index (χ2v) is 3.26. The van der Waals surface area contributed by atoms with Gasteiger partial charge in [-0.25, -0.2) is 0 Å². The van der Waals surface area contributed by atoms with Gasteiger partial charge in [-0.3, -0.25) is 0 Å². The summed E-state index contributed by atoms with van der Waals surface area (Å²) in [7, 11) is 0. The van der Waals surface area contributed by atoms with E-state index in [4.69, 9.17) is 16.3 Å². The molecule has 68 valence electrons. The lowest BCUT2D eigenvalue weighted by molar-refractivity contribution is -0.202. The molecule has 0 radical (unpaired) electrons. The van der Waals surface area contributed by atoms with Crippen LogP contribution in [0.2, 0.25) is 0 Å². The molecule has 2 nitrogen and oxygen atoms in total. The Kier molecular flexibility index (Phi) is 0.893. The molecule has 0 aliphatic carbocycles. The first-order valence-electron chi connectivity index (χ1n) is 6.86. The first kappa shape index (κ1) is 4.11. The second-order valence-electron chi connectivity index (χ2n) is 3.26. The van der Waals surface area contributed by atoms with Crippen molar-refractivity contribution in [3.63, 3.8) is 0 Å². The smallest absolute Gasteiger partial charge is 0.114 e. The summed E-state index contributed by atoms with van der Waals surface area (Å²) in [6, 6.07) is -1.41. The molecule has 0 saturated carbocycles. The minimum absolute atomic E-state index is 0.00726. The second kappa shape index (κ2) is 2.82. The Balaban J connectivity index is 2.07. The Morgan fingerprint density at radius 2 is 2.15 bits per heavy atom. The zero-order valence-corrected chi connectivity index (χ0v) is 6.96. The van der Waals surface area contributed by atoms with E-state index in [1.54, 1.807) is 0 Å². The topological polar surface area (TPSA) is 18.5 Å². The summed E-state index contributed by atoms with van der Waals surface area (Å²) in [4.78, 5) is 0. The van der Waals surface area contributed by atoms with E-state index < -0.39 is 6.10 Å². The molecule has 2 fully saturated rings. The van der Waals surface area contributed by atoms with Crippen LogP contribution in [0.5, 0.6) is 0 Å². The van der Waals surface area contributed by atoms with Gasteiger partial charge >= 0.3 is 0 Å². The average molecular weight is 181 g/mol. The van der Waals surface area contributed by atoms with Crippen molar-refractivity contribution in [3.05, 3.63) is 35.8 Å². The zero-order valence-electron chi connectivity index (χ0n) is 12.0. The van der Waals surface area contributed by atoms with E-state index >= 15 is 0 Å². The van der Waals surface area contributed by atoms with Crippen molar-refractivity contribution in [1.82, 2.24) is 0 Å². The molecule has 2 heterocycles. The number of hydrogen-bond acceptors (Lipinski definition) is 2. The minimum atomic E-state index is -0.536. The Bertz CT molecular complexity index is 490. The van der Waals surface area contributed by atoms with Crippen molar-refractivity contribution < 1.29 is 16.3 Å². The molecule has 0 unspecified atom stereocenters. The van der Waals surface area contributed by atoms with Gasteiger partial charge in [-0.2, -0.15) is 0 Å². The maximum Gasteiger partial charge on any atom is 0.114 e. The van der Waals surface area contributed by atoms with Gasteiger partial charge in [-0.1, -0.05) is 30.2 Å². The highest BCUT2D eigenvalue weighted by molar-refractivity contribution is 5.22. The Labute approximate surface area is 84.5 Å². The SMILES string of the molecule is [2H]c1c([2H])c([2H])c([C@@H]2O[C@@H]3CCO[C@@H]32)c([2H])c1[2H]. The predicted octanol–water partition coefficient (Wildman–Crippen LogP) is 1.92. The number of fused-ring (bicyclic) bond motifs is 1. The molecule has 0 spiro atoms. The van der Waals surface area contributed by atoms with Crippen LogP contribution in [0.15, 0.2) is 30.2 Å². The maximum atomic E-state index is 7.85. The summed E-state index contributed by atoms with van der Waals surface area (Å²) in [5.74, 6) is 0. The van der Waals surface area contributed by atoms with Crippen LogP contribution in [0, 0.1) is 0 Å². The van der Waals surface area contributed by atoms with E-state index in [9.17, 15) is 0 Å². The number of benzene rings is 1. The lowest BCUT2D eigenvalue weighted by Gasteiger charge is -2.39. The van der Waals surface area contributed by atoms with E-state index in [0.29, 0.717) is 6.61 Å².